The molecular formula is C10H9N3O2. The minimum atomic E-state index is -0.959. The van der Waals surface area contributed by atoms with Gasteiger partial charge in [-0.2, -0.15) is 0 Å². The standard InChI is InChI=1S/C10H9N3O2/c14-10(15)6-3-7-13-9-5-2-1-4-8(9)11-12-13/h1-6H,7H2,(H,14,15)/b6-3+. The molecule has 15 heavy (non-hydrogen) atoms. The van der Waals surface area contributed by atoms with Gasteiger partial charge >= 0.3 is 5.97 Å². The molecule has 0 aliphatic rings. The molecule has 2 rings (SSSR count). The van der Waals surface area contributed by atoms with E-state index in [0.717, 1.165) is 17.1 Å². The predicted molar refractivity (Wildman–Crippen MR) is 54.3 cm³/mol. The molecule has 1 aromatic heterocycles. The lowest BCUT2D eigenvalue weighted by atomic mass is 10.3. The highest BCUT2D eigenvalue weighted by Crippen LogP contribution is 2.09. The zero-order valence-corrected chi connectivity index (χ0v) is 7.87. The summed E-state index contributed by atoms with van der Waals surface area (Å²) in [6.07, 6.45) is 2.62. The molecule has 0 saturated carbocycles. The van der Waals surface area contributed by atoms with Crippen LogP contribution >= 0.6 is 0 Å². The SMILES string of the molecule is O=C(O)/C=C/Cn1nnc2ccccc21. The minimum absolute atomic E-state index is 0.410. The Labute approximate surface area is 85.6 Å². The molecule has 0 saturated heterocycles. The van der Waals surface area contributed by atoms with Crippen LogP contribution < -0.4 is 0 Å². The summed E-state index contributed by atoms with van der Waals surface area (Å²) in [5, 5.41) is 16.3. The van der Waals surface area contributed by atoms with Crippen molar-refractivity contribution in [1.82, 2.24) is 15.0 Å². The van der Waals surface area contributed by atoms with Crippen LogP contribution in [0.4, 0.5) is 0 Å². The fourth-order valence-electron chi connectivity index (χ4n) is 1.31. The molecule has 1 heterocycles. The number of hydrogen-bond donors (Lipinski definition) is 1. The highest BCUT2D eigenvalue weighted by molar-refractivity contribution is 5.79. The molecule has 0 fully saturated rings. The maximum absolute atomic E-state index is 10.3. The van der Waals surface area contributed by atoms with Crippen molar-refractivity contribution in [2.75, 3.05) is 0 Å². The number of nitrogens with zero attached hydrogens (tertiary/aromatic N) is 3. The van der Waals surface area contributed by atoms with Crippen molar-refractivity contribution in [3.8, 4) is 0 Å². The van der Waals surface area contributed by atoms with Crippen LogP contribution in [-0.4, -0.2) is 26.1 Å². The summed E-state index contributed by atoms with van der Waals surface area (Å²) < 4.78 is 1.65. The Morgan fingerprint density at radius 1 is 1.47 bits per heavy atom. The fourth-order valence-corrected chi connectivity index (χ4v) is 1.31. The van der Waals surface area contributed by atoms with E-state index in [1.807, 2.05) is 24.3 Å². The molecule has 0 atom stereocenters. The number of hydrogen-bond acceptors (Lipinski definition) is 3. The molecule has 0 aliphatic carbocycles. The number of aromatic nitrogens is 3. The van der Waals surface area contributed by atoms with Crippen molar-refractivity contribution in [2.45, 2.75) is 6.54 Å². The van der Waals surface area contributed by atoms with Crippen LogP contribution in [0.25, 0.3) is 11.0 Å². The van der Waals surface area contributed by atoms with E-state index < -0.39 is 5.97 Å². The Balaban J connectivity index is 2.25. The van der Waals surface area contributed by atoms with Crippen LogP contribution in [0, 0.1) is 0 Å². The third-order valence-corrected chi connectivity index (χ3v) is 1.96. The van der Waals surface area contributed by atoms with Crippen molar-refractivity contribution in [1.29, 1.82) is 0 Å². The first-order valence-electron chi connectivity index (χ1n) is 4.45. The van der Waals surface area contributed by atoms with Gasteiger partial charge in [-0.3, -0.25) is 0 Å². The van der Waals surface area contributed by atoms with Crippen LogP contribution in [0.5, 0.6) is 0 Å². The normalized spacial score (nSPS) is 11.2. The smallest absolute Gasteiger partial charge is 0.328 e. The summed E-state index contributed by atoms with van der Waals surface area (Å²) >= 11 is 0. The fraction of sp³-hybridized carbons (Fsp3) is 0.100. The van der Waals surface area contributed by atoms with E-state index in [0.29, 0.717) is 6.54 Å². The summed E-state index contributed by atoms with van der Waals surface area (Å²) in [6.45, 7) is 0.410. The molecule has 0 aliphatic heterocycles. The lowest BCUT2D eigenvalue weighted by molar-refractivity contribution is -0.131. The largest absolute Gasteiger partial charge is 0.478 e. The maximum atomic E-state index is 10.3. The van der Waals surface area contributed by atoms with Gasteiger partial charge in [0.05, 0.1) is 12.1 Å². The summed E-state index contributed by atoms with van der Waals surface area (Å²) in [6, 6.07) is 7.53. The van der Waals surface area contributed by atoms with Gasteiger partial charge in [0.15, 0.2) is 0 Å². The molecular weight excluding hydrogens is 194 g/mol. The van der Waals surface area contributed by atoms with Gasteiger partial charge in [0.25, 0.3) is 0 Å². The number of carboxylic acid groups (broad SMARTS) is 1. The number of fused-ring (bicyclic) bond motifs is 1. The topological polar surface area (TPSA) is 68.0 Å². The van der Waals surface area contributed by atoms with Gasteiger partial charge in [0, 0.05) is 6.08 Å². The van der Waals surface area contributed by atoms with Crippen molar-refractivity contribution in [3.63, 3.8) is 0 Å². The quantitative estimate of drug-likeness (QED) is 0.757. The third-order valence-electron chi connectivity index (χ3n) is 1.96. The van der Waals surface area contributed by atoms with Crippen molar-refractivity contribution < 1.29 is 9.90 Å². The van der Waals surface area contributed by atoms with Gasteiger partial charge in [-0.1, -0.05) is 23.4 Å². The van der Waals surface area contributed by atoms with E-state index in [2.05, 4.69) is 10.3 Å². The molecule has 1 N–H and O–H groups in total. The van der Waals surface area contributed by atoms with E-state index in [1.54, 1.807) is 4.68 Å². The molecule has 0 radical (unpaired) electrons. The first-order chi connectivity index (χ1) is 7.27. The zero-order valence-electron chi connectivity index (χ0n) is 7.87. The molecule has 0 unspecified atom stereocenters. The zero-order chi connectivity index (χ0) is 10.7. The second kappa shape index (κ2) is 3.91. The Hall–Kier alpha value is -2.17. The number of rotatable bonds is 3. The molecule has 1 aromatic carbocycles. The number of aliphatic carboxylic acids is 1. The predicted octanol–water partition coefficient (Wildman–Crippen LogP) is 1.07. The minimum Gasteiger partial charge on any atom is -0.478 e. The van der Waals surface area contributed by atoms with Gasteiger partial charge in [0.1, 0.15) is 5.52 Å². The van der Waals surface area contributed by atoms with Gasteiger partial charge in [0.2, 0.25) is 0 Å². The first-order valence-corrected chi connectivity index (χ1v) is 4.45. The average molecular weight is 203 g/mol. The summed E-state index contributed by atoms with van der Waals surface area (Å²) in [7, 11) is 0. The Morgan fingerprint density at radius 2 is 2.27 bits per heavy atom. The lowest BCUT2D eigenvalue weighted by Crippen LogP contribution is -1.98. The van der Waals surface area contributed by atoms with Gasteiger partial charge in [-0.15, -0.1) is 5.10 Å². The van der Waals surface area contributed by atoms with Crippen molar-refractivity contribution >= 4 is 17.0 Å². The van der Waals surface area contributed by atoms with E-state index in [1.165, 1.54) is 6.08 Å². The number of benzene rings is 1. The molecule has 76 valence electrons. The van der Waals surface area contributed by atoms with Crippen LogP contribution in [-0.2, 0) is 11.3 Å². The number of carboxylic acids is 1. The number of allylic oxidation sites excluding steroid dienone is 1. The van der Waals surface area contributed by atoms with Crippen molar-refractivity contribution in [2.24, 2.45) is 0 Å². The Morgan fingerprint density at radius 3 is 3.07 bits per heavy atom. The second-order valence-corrected chi connectivity index (χ2v) is 3.00. The molecule has 0 bridgehead atoms. The van der Waals surface area contributed by atoms with Crippen LogP contribution in [0.2, 0.25) is 0 Å². The third kappa shape index (κ3) is 2.01. The summed E-state index contributed by atoms with van der Waals surface area (Å²) in [5.74, 6) is -0.959. The lowest BCUT2D eigenvalue weighted by Gasteiger charge is -1.95. The van der Waals surface area contributed by atoms with Gasteiger partial charge < -0.3 is 5.11 Å². The molecule has 2 aromatic rings. The van der Waals surface area contributed by atoms with E-state index in [-0.39, 0.29) is 0 Å². The average Bonchev–Trinajstić information content (AvgIpc) is 2.62. The van der Waals surface area contributed by atoms with Crippen LogP contribution in [0.15, 0.2) is 36.4 Å². The number of carbonyl (C=O) groups is 1. The maximum Gasteiger partial charge on any atom is 0.328 e. The molecule has 5 nitrogen and oxygen atoms in total. The summed E-state index contributed by atoms with van der Waals surface area (Å²) in [5.41, 5.74) is 1.70. The van der Waals surface area contributed by atoms with Crippen molar-refractivity contribution in [3.05, 3.63) is 36.4 Å². The highest BCUT2D eigenvalue weighted by atomic mass is 16.4. The highest BCUT2D eigenvalue weighted by Gasteiger charge is 2.00. The second-order valence-electron chi connectivity index (χ2n) is 3.00. The van der Waals surface area contributed by atoms with Crippen LogP contribution in [0.1, 0.15) is 0 Å². The van der Waals surface area contributed by atoms with E-state index in [4.69, 9.17) is 5.11 Å². The Bertz CT molecular complexity index is 516. The summed E-state index contributed by atoms with van der Waals surface area (Å²) in [4.78, 5) is 10.3. The molecule has 0 spiro atoms. The number of para-hydroxylation sites is 1. The molecule has 0 amide bonds. The van der Waals surface area contributed by atoms with Crippen LogP contribution in [0.3, 0.4) is 0 Å². The monoisotopic (exact) mass is 203 g/mol. The van der Waals surface area contributed by atoms with E-state index in [9.17, 15) is 4.79 Å². The first kappa shape index (κ1) is 9.39. The van der Waals surface area contributed by atoms with E-state index >= 15 is 0 Å². The van der Waals surface area contributed by atoms with Gasteiger partial charge in [-0.25, -0.2) is 9.48 Å². The molecule has 5 heteroatoms. The van der Waals surface area contributed by atoms with Gasteiger partial charge in [-0.05, 0) is 12.1 Å². The Kier molecular flexibility index (Phi) is 2.45.